The van der Waals surface area contributed by atoms with Crippen LogP contribution in [-0.2, 0) is 4.74 Å². The molecule has 1 amide bonds. The van der Waals surface area contributed by atoms with Gasteiger partial charge in [-0.3, -0.25) is 0 Å². The molecular weight excluding hydrogens is 336 g/mol. The lowest BCUT2D eigenvalue weighted by atomic mass is 9.95. The first-order valence-corrected chi connectivity index (χ1v) is 9.69. The fraction of sp³-hybridized carbons (Fsp3) is 0.579. The monoisotopic (exact) mass is 362 g/mol. The average molecular weight is 362 g/mol. The maximum atomic E-state index is 12.2. The Kier molecular flexibility index (Phi) is 5.47. The number of piperidine rings is 1. The van der Waals surface area contributed by atoms with E-state index >= 15 is 0 Å². The Balaban J connectivity index is 1.47. The largest absolute Gasteiger partial charge is 0.470 e. The van der Waals surface area contributed by atoms with Crippen LogP contribution in [0.25, 0.3) is 10.2 Å². The van der Waals surface area contributed by atoms with Crippen LogP contribution in [0.1, 0.15) is 40.0 Å². The van der Waals surface area contributed by atoms with Crippen LogP contribution in [-0.4, -0.2) is 41.3 Å². The molecule has 1 atom stereocenters. The van der Waals surface area contributed by atoms with Gasteiger partial charge in [0.25, 0.3) is 5.19 Å². The van der Waals surface area contributed by atoms with Crippen molar-refractivity contribution < 1.29 is 14.3 Å². The topological polar surface area (TPSA) is 51.7 Å². The highest BCUT2D eigenvalue weighted by Gasteiger charge is 2.27. The molecule has 2 heterocycles. The molecule has 0 saturated carbocycles. The van der Waals surface area contributed by atoms with Crippen molar-refractivity contribution >= 4 is 27.6 Å². The highest BCUT2D eigenvalue weighted by Crippen LogP contribution is 2.28. The van der Waals surface area contributed by atoms with Gasteiger partial charge in [-0.15, -0.1) is 0 Å². The van der Waals surface area contributed by atoms with Crippen LogP contribution in [0.2, 0.25) is 0 Å². The second-order valence-electron chi connectivity index (χ2n) is 7.52. The van der Waals surface area contributed by atoms with Crippen LogP contribution in [0.15, 0.2) is 24.3 Å². The lowest BCUT2D eigenvalue weighted by Gasteiger charge is -2.34. The van der Waals surface area contributed by atoms with Gasteiger partial charge in [0.15, 0.2) is 0 Å². The summed E-state index contributed by atoms with van der Waals surface area (Å²) in [5, 5.41) is 0.723. The van der Waals surface area contributed by atoms with Crippen molar-refractivity contribution in [3.63, 3.8) is 0 Å². The van der Waals surface area contributed by atoms with E-state index in [1.54, 1.807) is 11.3 Å². The van der Waals surface area contributed by atoms with Crippen LogP contribution in [0, 0.1) is 5.92 Å². The van der Waals surface area contributed by atoms with Crippen molar-refractivity contribution in [2.75, 3.05) is 19.7 Å². The predicted molar refractivity (Wildman–Crippen MR) is 100 cm³/mol. The van der Waals surface area contributed by atoms with Crippen molar-refractivity contribution in [1.82, 2.24) is 9.88 Å². The number of rotatable bonds is 4. The number of hydrogen-bond donors (Lipinski definition) is 0. The number of likely N-dealkylation sites (tertiary alicyclic amines) is 1. The van der Waals surface area contributed by atoms with Gasteiger partial charge in [-0.1, -0.05) is 23.5 Å². The van der Waals surface area contributed by atoms with Gasteiger partial charge in [0, 0.05) is 13.1 Å². The fourth-order valence-electron chi connectivity index (χ4n) is 3.02. The Morgan fingerprint density at radius 2 is 2.16 bits per heavy atom. The summed E-state index contributed by atoms with van der Waals surface area (Å²) in [6.45, 7) is 7.86. The van der Waals surface area contributed by atoms with Gasteiger partial charge in [0.1, 0.15) is 5.60 Å². The van der Waals surface area contributed by atoms with E-state index in [2.05, 4.69) is 11.1 Å². The Morgan fingerprint density at radius 3 is 2.92 bits per heavy atom. The van der Waals surface area contributed by atoms with Gasteiger partial charge in [0.2, 0.25) is 0 Å². The maximum Gasteiger partial charge on any atom is 0.410 e. The van der Waals surface area contributed by atoms with Crippen LogP contribution >= 0.6 is 11.3 Å². The van der Waals surface area contributed by atoms with E-state index in [-0.39, 0.29) is 6.09 Å². The number of aromatic nitrogens is 1. The zero-order valence-corrected chi connectivity index (χ0v) is 16.0. The van der Waals surface area contributed by atoms with Gasteiger partial charge in [-0.25, -0.2) is 9.78 Å². The van der Waals surface area contributed by atoms with E-state index in [1.807, 2.05) is 43.9 Å². The number of para-hydroxylation sites is 1. The number of hydrogen-bond acceptors (Lipinski definition) is 5. The minimum Gasteiger partial charge on any atom is -0.470 e. The van der Waals surface area contributed by atoms with Crippen molar-refractivity contribution in [3.8, 4) is 5.19 Å². The molecule has 3 rings (SSSR count). The molecule has 2 aromatic rings. The Hall–Kier alpha value is -1.82. The molecule has 0 N–H and O–H groups in total. The number of nitrogens with zero attached hydrogens (tertiary/aromatic N) is 2. The molecule has 0 bridgehead atoms. The lowest BCUT2D eigenvalue weighted by Crippen LogP contribution is -2.43. The normalized spacial score (nSPS) is 18.4. The van der Waals surface area contributed by atoms with Crippen molar-refractivity contribution in [2.24, 2.45) is 5.92 Å². The molecule has 1 aromatic heterocycles. The summed E-state index contributed by atoms with van der Waals surface area (Å²) in [6.07, 6.45) is 2.87. The zero-order chi connectivity index (χ0) is 17.9. The number of fused-ring (bicyclic) bond motifs is 1. The minimum absolute atomic E-state index is 0.204. The number of carbonyl (C=O) groups excluding carboxylic acids is 1. The number of thiazole rings is 1. The quantitative estimate of drug-likeness (QED) is 0.790. The Morgan fingerprint density at radius 1 is 1.36 bits per heavy atom. The summed E-state index contributed by atoms with van der Waals surface area (Å²) in [7, 11) is 0. The van der Waals surface area contributed by atoms with E-state index < -0.39 is 5.60 Å². The van der Waals surface area contributed by atoms with Crippen LogP contribution in [0.3, 0.4) is 0 Å². The zero-order valence-electron chi connectivity index (χ0n) is 15.2. The first-order valence-electron chi connectivity index (χ1n) is 8.87. The number of carbonyl (C=O) groups is 1. The van der Waals surface area contributed by atoms with E-state index in [9.17, 15) is 4.79 Å². The highest BCUT2D eigenvalue weighted by molar-refractivity contribution is 7.20. The van der Waals surface area contributed by atoms with E-state index in [0.717, 1.165) is 47.8 Å². The maximum absolute atomic E-state index is 12.2. The third-order valence-corrected chi connectivity index (χ3v) is 5.15. The van der Waals surface area contributed by atoms with Crippen molar-refractivity contribution in [1.29, 1.82) is 0 Å². The number of ether oxygens (including phenoxy) is 2. The van der Waals surface area contributed by atoms with Crippen LogP contribution < -0.4 is 4.74 Å². The summed E-state index contributed by atoms with van der Waals surface area (Å²) in [5.41, 5.74) is 0.538. The molecule has 25 heavy (non-hydrogen) atoms. The fourth-order valence-corrected chi connectivity index (χ4v) is 3.86. The van der Waals surface area contributed by atoms with Crippen LogP contribution in [0.5, 0.6) is 5.19 Å². The number of benzene rings is 1. The molecular formula is C19H26N2O3S. The molecule has 0 aliphatic carbocycles. The van der Waals surface area contributed by atoms with E-state index in [0.29, 0.717) is 12.5 Å². The molecule has 0 unspecified atom stereocenters. The summed E-state index contributed by atoms with van der Waals surface area (Å²) in [6, 6.07) is 8.05. The summed E-state index contributed by atoms with van der Waals surface area (Å²) in [5.74, 6) is 0.454. The molecule has 0 spiro atoms. The van der Waals surface area contributed by atoms with Crippen molar-refractivity contribution in [3.05, 3.63) is 24.3 Å². The molecule has 1 saturated heterocycles. The van der Waals surface area contributed by atoms with Crippen LogP contribution in [0.4, 0.5) is 4.79 Å². The third-order valence-electron chi connectivity index (χ3n) is 4.20. The van der Waals surface area contributed by atoms with Crippen molar-refractivity contribution in [2.45, 2.75) is 45.6 Å². The van der Waals surface area contributed by atoms with E-state index in [1.165, 1.54) is 0 Å². The minimum atomic E-state index is -0.444. The first-order chi connectivity index (χ1) is 11.9. The standard InChI is InChI=1S/C19H26N2O3S/c1-19(2,3)24-18(22)21-11-6-7-14(13-21)10-12-23-17-20-15-8-4-5-9-16(15)25-17/h4-5,8-9,14H,6-7,10-13H2,1-3H3/t14-/m0/s1. The van der Waals surface area contributed by atoms with Gasteiger partial charge in [0.05, 0.1) is 16.8 Å². The molecule has 0 radical (unpaired) electrons. The lowest BCUT2D eigenvalue weighted by molar-refractivity contribution is 0.0154. The molecule has 6 heteroatoms. The third kappa shape index (κ3) is 5.08. The van der Waals surface area contributed by atoms with Gasteiger partial charge < -0.3 is 14.4 Å². The second kappa shape index (κ2) is 7.60. The Labute approximate surface area is 152 Å². The molecule has 136 valence electrons. The van der Waals surface area contributed by atoms with Gasteiger partial charge >= 0.3 is 6.09 Å². The smallest absolute Gasteiger partial charge is 0.410 e. The molecule has 5 nitrogen and oxygen atoms in total. The summed E-state index contributed by atoms with van der Waals surface area (Å²) < 4.78 is 12.5. The molecule has 1 aliphatic rings. The molecule has 1 aliphatic heterocycles. The highest BCUT2D eigenvalue weighted by atomic mass is 32.1. The average Bonchev–Trinajstić information content (AvgIpc) is 2.96. The summed E-state index contributed by atoms with van der Waals surface area (Å²) in [4.78, 5) is 18.5. The SMILES string of the molecule is CC(C)(C)OC(=O)N1CCC[C@@H](CCOc2nc3ccccc3s2)C1. The van der Waals surface area contributed by atoms with Gasteiger partial charge in [-0.2, -0.15) is 0 Å². The van der Waals surface area contributed by atoms with E-state index in [4.69, 9.17) is 9.47 Å². The molecule has 1 fully saturated rings. The first kappa shape index (κ1) is 18.0. The molecule has 1 aromatic carbocycles. The second-order valence-corrected chi connectivity index (χ2v) is 8.51. The predicted octanol–water partition coefficient (Wildman–Crippen LogP) is 4.71. The number of amides is 1. The summed E-state index contributed by atoms with van der Waals surface area (Å²) >= 11 is 1.58. The van der Waals surface area contributed by atoms with Gasteiger partial charge in [-0.05, 0) is 58.1 Å². The Bertz CT molecular complexity index is 690.